The molecule has 0 bridgehead atoms. The predicted octanol–water partition coefficient (Wildman–Crippen LogP) is 1.55. The standard InChI is InChI=1S/C13H20N2O2/c1-3-11(14)7-8-15-13(16)10-5-4-6-12(9-10)17-2/h4-6,9,11H,3,7-8,14H2,1-2H3,(H,15,16). The minimum Gasteiger partial charge on any atom is -0.497 e. The largest absolute Gasteiger partial charge is 0.497 e. The van der Waals surface area contributed by atoms with E-state index in [9.17, 15) is 4.79 Å². The molecule has 0 heterocycles. The molecule has 0 saturated carbocycles. The lowest BCUT2D eigenvalue weighted by Crippen LogP contribution is -2.30. The van der Waals surface area contributed by atoms with Crippen LogP contribution < -0.4 is 15.8 Å². The number of carbonyl (C=O) groups is 1. The highest BCUT2D eigenvalue weighted by Gasteiger charge is 2.06. The van der Waals surface area contributed by atoms with Crippen LogP contribution in [0.1, 0.15) is 30.1 Å². The maximum absolute atomic E-state index is 11.8. The third-order valence-electron chi connectivity index (χ3n) is 2.66. The Bertz CT molecular complexity index is 366. The SMILES string of the molecule is CCC(N)CCNC(=O)c1cccc(OC)c1. The first-order chi connectivity index (χ1) is 8.17. The van der Waals surface area contributed by atoms with E-state index in [0.717, 1.165) is 12.8 Å². The molecule has 4 heteroatoms. The molecular formula is C13H20N2O2. The number of nitrogens with two attached hydrogens (primary N) is 1. The first-order valence-electron chi connectivity index (χ1n) is 5.85. The van der Waals surface area contributed by atoms with Crippen LogP contribution in [0, 0.1) is 0 Å². The Morgan fingerprint density at radius 3 is 2.94 bits per heavy atom. The highest BCUT2D eigenvalue weighted by molar-refractivity contribution is 5.94. The number of ether oxygens (including phenoxy) is 1. The van der Waals surface area contributed by atoms with E-state index < -0.39 is 0 Å². The summed E-state index contributed by atoms with van der Waals surface area (Å²) in [6.07, 6.45) is 1.72. The second-order valence-electron chi connectivity index (χ2n) is 3.94. The number of hydrogen-bond acceptors (Lipinski definition) is 3. The van der Waals surface area contributed by atoms with E-state index in [2.05, 4.69) is 5.32 Å². The summed E-state index contributed by atoms with van der Waals surface area (Å²) >= 11 is 0. The van der Waals surface area contributed by atoms with Crippen molar-refractivity contribution >= 4 is 5.91 Å². The van der Waals surface area contributed by atoms with Gasteiger partial charge in [-0.3, -0.25) is 4.79 Å². The van der Waals surface area contributed by atoms with Crippen molar-refractivity contribution in [2.75, 3.05) is 13.7 Å². The lowest BCUT2D eigenvalue weighted by Gasteiger charge is -2.10. The lowest BCUT2D eigenvalue weighted by molar-refractivity contribution is 0.0952. The third-order valence-corrected chi connectivity index (χ3v) is 2.66. The van der Waals surface area contributed by atoms with Gasteiger partial charge >= 0.3 is 0 Å². The van der Waals surface area contributed by atoms with Gasteiger partial charge in [0.2, 0.25) is 0 Å². The first-order valence-corrected chi connectivity index (χ1v) is 5.85. The zero-order valence-corrected chi connectivity index (χ0v) is 10.4. The molecule has 0 fully saturated rings. The van der Waals surface area contributed by atoms with Gasteiger partial charge in [-0.15, -0.1) is 0 Å². The lowest BCUT2D eigenvalue weighted by atomic mass is 10.1. The molecule has 0 saturated heterocycles. The molecule has 4 nitrogen and oxygen atoms in total. The molecule has 0 aliphatic rings. The second-order valence-corrected chi connectivity index (χ2v) is 3.94. The number of benzene rings is 1. The average Bonchev–Trinajstić information content (AvgIpc) is 2.38. The van der Waals surface area contributed by atoms with Gasteiger partial charge in [0.1, 0.15) is 5.75 Å². The summed E-state index contributed by atoms with van der Waals surface area (Å²) in [4.78, 5) is 11.8. The highest BCUT2D eigenvalue weighted by Crippen LogP contribution is 2.12. The quantitative estimate of drug-likeness (QED) is 0.787. The van der Waals surface area contributed by atoms with Gasteiger partial charge < -0.3 is 15.8 Å². The van der Waals surface area contributed by atoms with Gasteiger partial charge in [-0.1, -0.05) is 13.0 Å². The van der Waals surface area contributed by atoms with Gasteiger partial charge in [0.15, 0.2) is 0 Å². The molecule has 0 radical (unpaired) electrons. The molecule has 0 aliphatic heterocycles. The fourth-order valence-corrected chi connectivity index (χ4v) is 1.44. The molecule has 94 valence electrons. The number of rotatable bonds is 6. The van der Waals surface area contributed by atoms with Crippen LogP contribution in [-0.4, -0.2) is 25.6 Å². The summed E-state index contributed by atoms with van der Waals surface area (Å²) in [6, 6.07) is 7.24. The molecule has 1 aromatic rings. The van der Waals surface area contributed by atoms with Crippen LogP contribution in [0.4, 0.5) is 0 Å². The molecule has 0 aromatic heterocycles. The molecule has 17 heavy (non-hydrogen) atoms. The molecular weight excluding hydrogens is 216 g/mol. The van der Waals surface area contributed by atoms with Crippen LogP contribution in [0.3, 0.4) is 0 Å². The van der Waals surface area contributed by atoms with Crippen LogP contribution in [0.15, 0.2) is 24.3 Å². The Morgan fingerprint density at radius 2 is 2.29 bits per heavy atom. The summed E-state index contributed by atoms with van der Waals surface area (Å²) in [5.41, 5.74) is 6.38. The van der Waals surface area contributed by atoms with Crippen molar-refractivity contribution < 1.29 is 9.53 Å². The Morgan fingerprint density at radius 1 is 1.53 bits per heavy atom. The van der Waals surface area contributed by atoms with Gasteiger partial charge in [0.25, 0.3) is 5.91 Å². The molecule has 1 atom stereocenters. The van der Waals surface area contributed by atoms with Crippen LogP contribution in [0.2, 0.25) is 0 Å². The number of amides is 1. The van der Waals surface area contributed by atoms with Crippen molar-refractivity contribution in [2.45, 2.75) is 25.8 Å². The topological polar surface area (TPSA) is 64.3 Å². The van der Waals surface area contributed by atoms with Crippen LogP contribution >= 0.6 is 0 Å². The summed E-state index contributed by atoms with van der Waals surface area (Å²) in [6.45, 7) is 2.64. The second kappa shape index (κ2) is 6.91. The van der Waals surface area contributed by atoms with E-state index in [0.29, 0.717) is 17.9 Å². The van der Waals surface area contributed by atoms with Crippen molar-refractivity contribution in [2.24, 2.45) is 5.73 Å². The van der Waals surface area contributed by atoms with Crippen molar-refractivity contribution in [3.05, 3.63) is 29.8 Å². The molecule has 0 aliphatic carbocycles. The minimum atomic E-state index is -0.0906. The highest BCUT2D eigenvalue weighted by atomic mass is 16.5. The Hall–Kier alpha value is -1.55. The predicted molar refractivity (Wildman–Crippen MR) is 68.2 cm³/mol. The van der Waals surface area contributed by atoms with Gasteiger partial charge in [-0.05, 0) is 31.0 Å². The van der Waals surface area contributed by atoms with Crippen molar-refractivity contribution in [3.8, 4) is 5.75 Å². The zero-order valence-electron chi connectivity index (χ0n) is 10.4. The van der Waals surface area contributed by atoms with Crippen molar-refractivity contribution in [1.82, 2.24) is 5.32 Å². The zero-order chi connectivity index (χ0) is 12.7. The minimum absolute atomic E-state index is 0.0906. The van der Waals surface area contributed by atoms with E-state index in [1.807, 2.05) is 13.0 Å². The molecule has 1 amide bonds. The smallest absolute Gasteiger partial charge is 0.251 e. The molecule has 3 N–H and O–H groups in total. The molecule has 1 aromatic carbocycles. The number of carbonyl (C=O) groups excluding carboxylic acids is 1. The van der Waals surface area contributed by atoms with E-state index in [1.165, 1.54) is 0 Å². The maximum Gasteiger partial charge on any atom is 0.251 e. The number of methoxy groups -OCH3 is 1. The summed E-state index contributed by atoms with van der Waals surface area (Å²) in [5, 5.41) is 2.84. The Kier molecular flexibility index (Phi) is 5.49. The van der Waals surface area contributed by atoms with E-state index in [4.69, 9.17) is 10.5 Å². The van der Waals surface area contributed by atoms with E-state index >= 15 is 0 Å². The molecule has 1 rings (SSSR count). The van der Waals surface area contributed by atoms with E-state index in [1.54, 1.807) is 25.3 Å². The van der Waals surface area contributed by atoms with Gasteiger partial charge in [0.05, 0.1) is 7.11 Å². The fraction of sp³-hybridized carbons (Fsp3) is 0.462. The Balaban J connectivity index is 2.46. The summed E-state index contributed by atoms with van der Waals surface area (Å²) in [5.74, 6) is 0.593. The van der Waals surface area contributed by atoms with Gasteiger partial charge in [-0.2, -0.15) is 0 Å². The average molecular weight is 236 g/mol. The maximum atomic E-state index is 11.8. The van der Waals surface area contributed by atoms with Crippen LogP contribution in [0.5, 0.6) is 5.75 Å². The normalized spacial score (nSPS) is 11.9. The molecule has 0 spiro atoms. The number of hydrogen-bond donors (Lipinski definition) is 2. The van der Waals surface area contributed by atoms with Gasteiger partial charge in [0, 0.05) is 18.2 Å². The monoisotopic (exact) mass is 236 g/mol. The third kappa shape index (κ3) is 4.44. The fourth-order valence-electron chi connectivity index (χ4n) is 1.44. The van der Waals surface area contributed by atoms with Gasteiger partial charge in [-0.25, -0.2) is 0 Å². The van der Waals surface area contributed by atoms with Crippen molar-refractivity contribution in [3.63, 3.8) is 0 Å². The van der Waals surface area contributed by atoms with Crippen LogP contribution in [-0.2, 0) is 0 Å². The Labute approximate surface area is 102 Å². The summed E-state index contributed by atoms with van der Waals surface area (Å²) in [7, 11) is 1.58. The van der Waals surface area contributed by atoms with Crippen LogP contribution in [0.25, 0.3) is 0 Å². The van der Waals surface area contributed by atoms with Crippen molar-refractivity contribution in [1.29, 1.82) is 0 Å². The van der Waals surface area contributed by atoms with E-state index in [-0.39, 0.29) is 11.9 Å². The summed E-state index contributed by atoms with van der Waals surface area (Å²) < 4.78 is 5.07. The molecule has 1 unspecified atom stereocenters. The first kappa shape index (κ1) is 13.5. The number of nitrogens with one attached hydrogen (secondary N) is 1.